The Morgan fingerprint density at radius 2 is 0.329 bits per heavy atom. The van der Waals surface area contributed by atoms with Crippen LogP contribution in [0, 0.1) is 83.1 Å². The Labute approximate surface area is 434 Å². The molecule has 70 heavy (non-hydrogen) atoms. The van der Waals surface area contributed by atoms with Crippen molar-refractivity contribution in [3.05, 3.63) is 231 Å². The van der Waals surface area contributed by atoms with E-state index in [2.05, 4.69) is 272 Å². The molecule has 0 amide bonds. The van der Waals surface area contributed by atoms with E-state index < -0.39 is 17.4 Å². The van der Waals surface area contributed by atoms with Gasteiger partial charge in [0.1, 0.15) is 0 Å². The van der Waals surface area contributed by atoms with Gasteiger partial charge in [0.05, 0.1) is 0 Å². The second-order valence-corrected chi connectivity index (χ2v) is 44.7. The predicted molar refractivity (Wildman–Crippen MR) is 312 cm³/mol. The van der Waals surface area contributed by atoms with Gasteiger partial charge in [-0.2, -0.15) is 0 Å². The Bertz CT molecular complexity index is 2760. The number of aryl methyl sites for hydroxylation is 12. The molecule has 0 unspecified atom stereocenters. The molecule has 0 nitrogen and oxygen atoms in total. The molecule has 0 bridgehead atoms. The predicted octanol–water partition coefficient (Wildman–Crippen LogP) is 20.1. The summed E-state index contributed by atoms with van der Waals surface area (Å²) >= 11 is -3.28. The van der Waals surface area contributed by atoms with E-state index in [0.717, 1.165) is 0 Å². The summed E-state index contributed by atoms with van der Waals surface area (Å²) in [6.45, 7) is 27.5. The van der Waals surface area contributed by atoms with E-state index >= 15 is 0 Å². The maximum absolute atomic E-state index is 3.28. The third kappa shape index (κ3) is 9.79. The van der Waals surface area contributed by atoms with Gasteiger partial charge in [0.15, 0.2) is 0 Å². The molecule has 9 rings (SSSR count). The zero-order valence-electron chi connectivity index (χ0n) is 42.8. The second-order valence-electron chi connectivity index (χ2n) is 19.1. The molecule has 0 atom stereocenters. The van der Waals surface area contributed by atoms with Crippen LogP contribution in [0.15, 0.2) is 178 Å². The van der Waals surface area contributed by atoms with Crippen molar-refractivity contribution in [1.82, 2.24) is 0 Å². The van der Waals surface area contributed by atoms with Gasteiger partial charge in [-0.1, -0.05) is 0 Å². The average Bonchev–Trinajstić information content (AvgIpc) is 3.31. The first kappa shape index (κ1) is 49.9. The fourth-order valence-electron chi connectivity index (χ4n) is 10.8. The van der Waals surface area contributed by atoms with Crippen LogP contribution < -0.4 is 0 Å². The van der Waals surface area contributed by atoms with Crippen LogP contribution in [0.4, 0.5) is 0 Å². The van der Waals surface area contributed by atoms with Crippen molar-refractivity contribution in [3.63, 3.8) is 0 Å². The zero-order chi connectivity index (χ0) is 49.4. The van der Waals surface area contributed by atoms with Gasteiger partial charge < -0.3 is 0 Å². The molecule has 0 N–H and O–H groups in total. The summed E-state index contributed by atoms with van der Waals surface area (Å²) in [5.41, 5.74) is 31.7. The van der Waals surface area contributed by atoms with E-state index in [-0.39, 0.29) is 0 Å². The molecule has 0 saturated heterocycles. The molecule has 0 heterocycles. The standard InChI is InChI=1S/3C22H22S.Bi/c3*1-14-8-5-9-15(2)20(14)18-12-7-13-19(22(18)23)21-16(3)10-6-11-17(21)4;/h3*5-13,23H,1-4H3;/q;;;+3/p-3. The van der Waals surface area contributed by atoms with Crippen molar-refractivity contribution >= 4 is 42.9 Å². The van der Waals surface area contributed by atoms with Crippen LogP contribution in [0.2, 0.25) is 0 Å². The Morgan fingerprint density at radius 1 is 0.200 bits per heavy atom. The van der Waals surface area contributed by atoms with Gasteiger partial charge in [0, 0.05) is 0 Å². The van der Waals surface area contributed by atoms with Crippen LogP contribution >= 0.6 is 25.6 Å². The van der Waals surface area contributed by atoms with Crippen LogP contribution in [0.1, 0.15) is 66.8 Å². The first-order valence-electron chi connectivity index (χ1n) is 24.4. The average molecular weight is 1160 g/mol. The monoisotopic (exact) mass is 1160 g/mol. The molecule has 0 radical (unpaired) electrons. The quantitative estimate of drug-likeness (QED) is 0.112. The van der Waals surface area contributed by atoms with Gasteiger partial charge in [-0.3, -0.25) is 0 Å². The zero-order valence-corrected chi connectivity index (χ0v) is 48.7. The molecular formula is C66H63BiS3. The van der Waals surface area contributed by atoms with Crippen LogP contribution in [-0.2, 0) is 0 Å². The molecule has 350 valence electrons. The molecule has 0 spiro atoms. The number of rotatable bonds is 12. The third-order valence-corrected chi connectivity index (χ3v) is 39.7. The second kappa shape index (κ2) is 21.3. The molecule has 0 fully saturated rings. The van der Waals surface area contributed by atoms with Crippen molar-refractivity contribution in [3.8, 4) is 66.8 Å². The topological polar surface area (TPSA) is 0 Å². The minimum absolute atomic E-state index is 1.31. The molecule has 9 aromatic rings. The molecule has 4 heteroatoms. The minimum atomic E-state index is -3.28. The molecule has 9 aromatic carbocycles. The van der Waals surface area contributed by atoms with Crippen molar-refractivity contribution in [2.24, 2.45) is 0 Å². The fraction of sp³-hybridized carbons (Fsp3) is 0.182. The van der Waals surface area contributed by atoms with Crippen molar-refractivity contribution in [2.75, 3.05) is 0 Å². The Morgan fingerprint density at radius 3 is 0.471 bits per heavy atom. The van der Waals surface area contributed by atoms with Gasteiger partial charge in [-0.15, -0.1) is 0 Å². The summed E-state index contributed by atoms with van der Waals surface area (Å²) < 4.78 is 0. The van der Waals surface area contributed by atoms with Gasteiger partial charge in [-0.05, 0) is 0 Å². The fourth-order valence-corrected chi connectivity index (χ4v) is 41.1. The van der Waals surface area contributed by atoms with Crippen molar-refractivity contribution in [1.29, 1.82) is 0 Å². The first-order valence-corrected chi connectivity index (χ1v) is 39.5. The van der Waals surface area contributed by atoms with Crippen LogP contribution in [0.25, 0.3) is 66.8 Å². The van der Waals surface area contributed by atoms with E-state index in [1.807, 2.05) is 0 Å². The summed E-state index contributed by atoms with van der Waals surface area (Å²) in [4.78, 5) is 4.18. The maximum atomic E-state index is 2.41. The number of hydrogen-bond donors (Lipinski definition) is 0. The Hall–Kier alpha value is -5.09. The molecule has 0 saturated carbocycles. The first-order chi connectivity index (χ1) is 33.7. The van der Waals surface area contributed by atoms with Crippen molar-refractivity contribution < 1.29 is 0 Å². The van der Waals surface area contributed by atoms with Gasteiger partial charge in [0.25, 0.3) is 0 Å². The molecule has 0 aliphatic rings. The molecule has 0 aromatic heterocycles. The molecule has 0 aliphatic heterocycles. The third-order valence-electron chi connectivity index (χ3n) is 14.0. The summed E-state index contributed by atoms with van der Waals surface area (Å²) in [6, 6.07) is 62.2. The normalized spacial score (nSPS) is 11.4. The van der Waals surface area contributed by atoms with E-state index in [0.29, 0.717) is 0 Å². The van der Waals surface area contributed by atoms with E-state index in [9.17, 15) is 0 Å². The summed E-state index contributed by atoms with van der Waals surface area (Å²) in [5.74, 6) is 0. The SMILES string of the molecule is Cc1cccc(C)c1-c1cccc(-c2c(C)cccc2C)c1[S][Bi]([S]c1c(-c2c(C)cccc2C)cccc1-c1c(C)cccc1C)[S]c1c(-c2c(C)cccc2C)cccc1-c1c(C)cccc1C. The Balaban J connectivity index is 1.39. The van der Waals surface area contributed by atoms with Crippen LogP contribution in [0.3, 0.4) is 0 Å². The summed E-state index contributed by atoms with van der Waals surface area (Å²) in [6.07, 6.45) is 0. The molecular weight excluding hydrogens is 1100 g/mol. The number of hydrogen-bond acceptors (Lipinski definition) is 3. The summed E-state index contributed by atoms with van der Waals surface area (Å²) in [7, 11) is 6.70. The van der Waals surface area contributed by atoms with Gasteiger partial charge >= 0.3 is 438 Å². The van der Waals surface area contributed by atoms with Gasteiger partial charge in [-0.25, -0.2) is 0 Å². The van der Waals surface area contributed by atoms with Crippen molar-refractivity contribution in [2.45, 2.75) is 97.8 Å². The van der Waals surface area contributed by atoms with Gasteiger partial charge in [0.2, 0.25) is 0 Å². The van der Waals surface area contributed by atoms with E-state index in [1.54, 1.807) is 0 Å². The molecule has 0 aliphatic carbocycles. The summed E-state index contributed by atoms with van der Waals surface area (Å²) in [5, 5.41) is 0. The van der Waals surface area contributed by atoms with Crippen LogP contribution in [0.5, 0.6) is 0 Å². The van der Waals surface area contributed by atoms with Crippen LogP contribution in [-0.4, -0.2) is 17.4 Å². The van der Waals surface area contributed by atoms with E-state index in [1.165, 1.54) is 148 Å². The number of benzene rings is 9. The Kier molecular flexibility index (Phi) is 15.2. The van der Waals surface area contributed by atoms with E-state index in [4.69, 9.17) is 0 Å².